The van der Waals surface area contributed by atoms with Gasteiger partial charge in [-0.05, 0) is 49.2 Å². The standard InChI is InChI=1S/C23H19FN2O3S/c1-15-12-16-6-2-4-8-20(16)26(15)23(27)14-25-21-11-10-17(24)13-19(21)18-7-3-5-9-22(18)30(25,28)29/h2-11,13,15H,12,14H2,1H3/t15-/m0/s1. The lowest BCUT2D eigenvalue weighted by Gasteiger charge is -2.33. The number of fused-ring (bicyclic) bond motifs is 4. The predicted octanol–water partition coefficient (Wildman–Crippen LogP) is 3.98. The highest BCUT2D eigenvalue weighted by molar-refractivity contribution is 7.93. The first kappa shape index (κ1) is 18.8. The highest BCUT2D eigenvalue weighted by Crippen LogP contribution is 2.43. The first-order valence-corrected chi connectivity index (χ1v) is 11.1. The van der Waals surface area contributed by atoms with Crippen molar-refractivity contribution in [3.8, 4) is 11.1 Å². The van der Waals surface area contributed by atoms with E-state index < -0.39 is 15.8 Å². The van der Waals surface area contributed by atoms with E-state index in [0.717, 1.165) is 22.0 Å². The number of amides is 1. The summed E-state index contributed by atoms with van der Waals surface area (Å²) in [4.78, 5) is 15.0. The van der Waals surface area contributed by atoms with E-state index in [0.29, 0.717) is 16.8 Å². The van der Waals surface area contributed by atoms with Crippen LogP contribution in [-0.4, -0.2) is 26.9 Å². The number of para-hydroxylation sites is 1. The van der Waals surface area contributed by atoms with Crippen molar-refractivity contribution in [2.45, 2.75) is 24.3 Å². The van der Waals surface area contributed by atoms with Crippen molar-refractivity contribution in [2.75, 3.05) is 15.7 Å². The summed E-state index contributed by atoms with van der Waals surface area (Å²) in [5.74, 6) is -0.776. The number of carbonyl (C=O) groups excluding carboxylic acids is 1. The largest absolute Gasteiger partial charge is 0.307 e. The van der Waals surface area contributed by atoms with Gasteiger partial charge in [0.1, 0.15) is 12.4 Å². The second-order valence-electron chi connectivity index (χ2n) is 7.61. The molecule has 3 aromatic rings. The molecule has 3 aromatic carbocycles. The number of hydrogen-bond donors (Lipinski definition) is 0. The van der Waals surface area contributed by atoms with E-state index >= 15 is 0 Å². The molecular formula is C23H19FN2O3S. The molecule has 2 aliphatic heterocycles. The lowest BCUT2D eigenvalue weighted by Crippen LogP contribution is -2.46. The summed E-state index contributed by atoms with van der Waals surface area (Å²) in [6, 6.07) is 18.0. The molecule has 2 heterocycles. The van der Waals surface area contributed by atoms with Gasteiger partial charge in [-0.1, -0.05) is 36.4 Å². The fourth-order valence-corrected chi connectivity index (χ4v) is 6.06. The Morgan fingerprint density at radius 1 is 1.00 bits per heavy atom. The summed E-state index contributed by atoms with van der Waals surface area (Å²) < 4.78 is 41.9. The van der Waals surface area contributed by atoms with Crippen LogP contribution in [0.2, 0.25) is 0 Å². The van der Waals surface area contributed by atoms with Crippen LogP contribution < -0.4 is 9.21 Å². The zero-order valence-corrected chi connectivity index (χ0v) is 17.1. The molecule has 0 unspecified atom stereocenters. The van der Waals surface area contributed by atoms with E-state index in [1.807, 2.05) is 31.2 Å². The van der Waals surface area contributed by atoms with Gasteiger partial charge in [0.2, 0.25) is 5.91 Å². The Morgan fingerprint density at radius 2 is 1.73 bits per heavy atom. The molecule has 0 bridgehead atoms. The van der Waals surface area contributed by atoms with Gasteiger partial charge in [0, 0.05) is 22.9 Å². The molecule has 152 valence electrons. The van der Waals surface area contributed by atoms with E-state index in [1.165, 1.54) is 24.3 Å². The van der Waals surface area contributed by atoms with Gasteiger partial charge in [-0.2, -0.15) is 0 Å². The van der Waals surface area contributed by atoms with Crippen molar-refractivity contribution in [3.63, 3.8) is 0 Å². The molecule has 0 aromatic heterocycles. The van der Waals surface area contributed by atoms with Crippen LogP contribution in [0.25, 0.3) is 11.1 Å². The maximum absolute atomic E-state index is 14.0. The van der Waals surface area contributed by atoms with E-state index in [1.54, 1.807) is 23.1 Å². The van der Waals surface area contributed by atoms with Crippen molar-refractivity contribution in [3.05, 3.63) is 78.1 Å². The van der Waals surface area contributed by atoms with Crippen LogP contribution in [0.4, 0.5) is 15.8 Å². The number of rotatable bonds is 2. The van der Waals surface area contributed by atoms with Crippen molar-refractivity contribution < 1.29 is 17.6 Å². The van der Waals surface area contributed by atoms with Gasteiger partial charge in [0.05, 0.1) is 10.6 Å². The Kier molecular flexibility index (Phi) is 4.18. The van der Waals surface area contributed by atoms with Gasteiger partial charge in [0.15, 0.2) is 0 Å². The van der Waals surface area contributed by atoms with Crippen LogP contribution in [0.5, 0.6) is 0 Å². The molecule has 0 saturated carbocycles. The zero-order valence-electron chi connectivity index (χ0n) is 16.2. The van der Waals surface area contributed by atoms with E-state index in [9.17, 15) is 17.6 Å². The van der Waals surface area contributed by atoms with Crippen molar-refractivity contribution in [1.82, 2.24) is 0 Å². The van der Waals surface area contributed by atoms with Crippen LogP contribution in [0, 0.1) is 5.82 Å². The van der Waals surface area contributed by atoms with E-state index in [4.69, 9.17) is 0 Å². The summed E-state index contributed by atoms with van der Waals surface area (Å²) in [5, 5.41) is 0. The number of nitrogens with zero attached hydrogens (tertiary/aromatic N) is 2. The van der Waals surface area contributed by atoms with Gasteiger partial charge >= 0.3 is 0 Å². The third kappa shape index (κ3) is 2.73. The second-order valence-corrected chi connectivity index (χ2v) is 9.45. The van der Waals surface area contributed by atoms with Gasteiger partial charge in [-0.15, -0.1) is 0 Å². The summed E-state index contributed by atoms with van der Waals surface area (Å²) in [5.41, 5.74) is 3.08. The predicted molar refractivity (Wildman–Crippen MR) is 113 cm³/mol. The highest BCUT2D eigenvalue weighted by Gasteiger charge is 2.39. The van der Waals surface area contributed by atoms with Crippen LogP contribution in [0.15, 0.2) is 71.6 Å². The molecule has 5 rings (SSSR count). The van der Waals surface area contributed by atoms with Crippen molar-refractivity contribution in [1.29, 1.82) is 0 Å². The number of benzene rings is 3. The topological polar surface area (TPSA) is 57.7 Å². The molecule has 5 nitrogen and oxygen atoms in total. The van der Waals surface area contributed by atoms with Gasteiger partial charge in [-0.25, -0.2) is 12.8 Å². The van der Waals surface area contributed by atoms with E-state index in [2.05, 4.69) is 0 Å². The summed E-state index contributed by atoms with van der Waals surface area (Å²) in [7, 11) is -3.97. The van der Waals surface area contributed by atoms with Crippen LogP contribution in [0.1, 0.15) is 12.5 Å². The van der Waals surface area contributed by atoms with Gasteiger partial charge in [0.25, 0.3) is 10.0 Å². The van der Waals surface area contributed by atoms with Crippen LogP contribution in [0.3, 0.4) is 0 Å². The lowest BCUT2D eigenvalue weighted by molar-refractivity contribution is -0.117. The quantitative estimate of drug-likeness (QED) is 0.628. The average Bonchev–Trinajstić information content (AvgIpc) is 3.07. The Labute approximate surface area is 174 Å². The zero-order chi connectivity index (χ0) is 21.0. The molecule has 2 aliphatic rings. The van der Waals surface area contributed by atoms with Gasteiger partial charge < -0.3 is 4.90 Å². The smallest absolute Gasteiger partial charge is 0.265 e. The number of carbonyl (C=O) groups is 1. The molecule has 7 heteroatoms. The minimum Gasteiger partial charge on any atom is -0.307 e. The average molecular weight is 422 g/mol. The summed E-state index contributed by atoms with van der Waals surface area (Å²) >= 11 is 0. The Balaban J connectivity index is 1.59. The molecule has 0 N–H and O–H groups in total. The second kappa shape index (κ2) is 6.67. The SMILES string of the molecule is C[C@H]1Cc2ccccc2N1C(=O)CN1c2ccc(F)cc2-c2ccccc2S1(=O)=O. The molecule has 1 atom stereocenters. The van der Waals surface area contributed by atoms with Crippen molar-refractivity contribution >= 4 is 27.3 Å². The molecule has 0 fully saturated rings. The molecule has 0 aliphatic carbocycles. The molecule has 0 saturated heterocycles. The highest BCUT2D eigenvalue weighted by atomic mass is 32.2. The Morgan fingerprint density at radius 3 is 2.57 bits per heavy atom. The normalized spacial score (nSPS) is 18.5. The monoisotopic (exact) mass is 422 g/mol. The third-order valence-electron chi connectivity index (χ3n) is 5.73. The molecular weight excluding hydrogens is 403 g/mol. The number of anilines is 2. The maximum Gasteiger partial charge on any atom is 0.265 e. The number of hydrogen-bond acceptors (Lipinski definition) is 3. The third-order valence-corrected chi connectivity index (χ3v) is 7.55. The molecule has 0 radical (unpaired) electrons. The van der Waals surface area contributed by atoms with Crippen LogP contribution in [-0.2, 0) is 21.2 Å². The summed E-state index contributed by atoms with van der Waals surface area (Å²) in [6.45, 7) is 1.59. The molecule has 30 heavy (non-hydrogen) atoms. The first-order valence-electron chi connectivity index (χ1n) is 9.69. The molecule has 0 spiro atoms. The van der Waals surface area contributed by atoms with Crippen molar-refractivity contribution in [2.24, 2.45) is 0 Å². The fourth-order valence-electron chi connectivity index (χ4n) is 4.42. The minimum absolute atomic E-state index is 0.0673. The number of halogens is 1. The fraction of sp³-hybridized carbons (Fsp3) is 0.174. The first-order chi connectivity index (χ1) is 14.4. The maximum atomic E-state index is 14.0. The minimum atomic E-state index is -3.97. The Hall–Kier alpha value is -3.19. The summed E-state index contributed by atoms with van der Waals surface area (Å²) in [6.07, 6.45) is 0.722. The van der Waals surface area contributed by atoms with E-state index in [-0.39, 0.29) is 23.4 Å². The lowest BCUT2D eigenvalue weighted by atomic mass is 10.0. The molecule has 1 amide bonds. The Bertz CT molecular complexity index is 1290. The van der Waals surface area contributed by atoms with Gasteiger partial charge in [-0.3, -0.25) is 9.10 Å². The number of sulfonamides is 1. The van der Waals surface area contributed by atoms with Crippen LogP contribution >= 0.6 is 0 Å².